The highest BCUT2D eigenvalue weighted by atomic mass is 35.5. The highest BCUT2D eigenvalue weighted by Crippen LogP contribution is 2.17. The van der Waals surface area contributed by atoms with Crippen LogP contribution in [0.2, 0.25) is 5.02 Å². The van der Waals surface area contributed by atoms with Crippen molar-refractivity contribution < 1.29 is 9.21 Å². The lowest BCUT2D eigenvalue weighted by molar-refractivity contribution is 0.0881. The lowest BCUT2D eigenvalue weighted by Gasteiger charge is -2.32. The second kappa shape index (κ2) is 8.39. The summed E-state index contributed by atoms with van der Waals surface area (Å²) in [6.07, 6.45) is 1.71. The number of piperidine rings is 1. The summed E-state index contributed by atoms with van der Waals surface area (Å²) in [6, 6.07) is 14.6. The molecule has 0 spiro atoms. The van der Waals surface area contributed by atoms with Crippen LogP contribution in [0.25, 0.3) is 11.0 Å². The van der Waals surface area contributed by atoms with Crippen LogP contribution in [0.5, 0.6) is 0 Å². The number of hydrogen-bond donors (Lipinski definition) is 1. The molecule has 4 rings (SSSR count). The summed E-state index contributed by atoms with van der Waals surface area (Å²) in [6.45, 7) is 4.58. The number of nitrogens with zero attached hydrogens (tertiary/aromatic N) is 1. The number of carbonyl (C=O) groups is 1. The number of benzene rings is 2. The van der Waals surface area contributed by atoms with E-state index < -0.39 is 0 Å². The molecule has 6 heteroatoms. The molecule has 5 nitrogen and oxygen atoms in total. The third-order valence-corrected chi connectivity index (χ3v) is 5.60. The minimum atomic E-state index is -0.333. The van der Waals surface area contributed by atoms with Gasteiger partial charge < -0.3 is 9.73 Å². The zero-order valence-corrected chi connectivity index (χ0v) is 17.0. The molecule has 1 aromatic heterocycles. The Kier molecular flexibility index (Phi) is 5.69. The van der Waals surface area contributed by atoms with E-state index in [1.54, 1.807) is 12.1 Å². The largest absolute Gasteiger partial charge is 0.451 e. The molecule has 1 aliphatic rings. The van der Waals surface area contributed by atoms with E-state index in [4.69, 9.17) is 16.0 Å². The summed E-state index contributed by atoms with van der Waals surface area (Å²) in [5, 5.41) is 4.25. The first-order chi connectivity index (χ1) is 14.0. The van der Waals surface area contributed by atoms with Crippen LogP contribution in [0, 0.1) is 6.92 Å². The van der Waals surface area contributed by atoms with Gasteiger partial charge in [-0.2, -0.15) is 0 Å². The number of carbonyl (C=O) groups excluding carboxylic acids is 1. The number of aryl methyl sites for hydroxylation is 1. The molecule has 0 saturated carbocycles. The maximum absolute atomic E-state index is 12.6. The van der Waals surface area contributed by atoms with Crippen molar-refractivity contribution in [2.75, 3.05) is 13.1 Å². The second-order valence-corrected chi connectivity index (χ2v) is 8.06. The standard InChI is InChI=1S/C23H23ClN2O3/c1-15-2-7-21-19(12-15)20(27)13-22(29-21)23(28)25-18-8-10-26(11-9-18)14-16-3-5-17(24)6-4-16/h2-7,12-13,18H,8-11,14H2,1H3,(H,25,28). The van der Waals surface area contributed by atoms with Crippen molar-refractivity contribution in [3.8, 4) is 0 Å². The zero-order chi connectivity index (χ0) is 20.4. The monoisotopic (exact) mass is 410 g/mol. The quantitative estimate of drug-likeness (QED) is 0.701. The molecule has 1 fully saturated rings. The minimum Gasteiger partial charge on any atom is -0.451 e. The summed E-state index contributed by atoms with van der Waals surface area (Å²) >= 11 is 5.94. The molecule has 3 aromatic rings. The van der Waals surface area contributed by atoms with E-state index in [0.717, 1.165) is 43.1 Å². The van der Waals surface area contributed by atoms with Crippen molar-refractivity contribution >= 4 is 28.5 Å². The number of hydrogen-bond acceptors (Lipinski definition) is 4. The SMILES string of the molecule is Cc1ccc2oc(C(=O)NC3CCN(Cc4ccc(Cl)cc4)CC3)cc(=O)c2c1. The van der Waals surface area contributed by atoms with Gasteiger partial charge in [-0.05, 0) is 49.6 Å². The Hall–Kier alpha value is -2.63. The van der Waals surface area contributed by atoms with Crippen molar-refractivity contribution in [3.05, 3.63) is 80.7 Å². The molecule has 1 amide bonds. The van der Waals surface area contributed by atoms with Crippen LogP contribution < -0.4 is 10.7 Å². The van der Waals surface area contributed by atoms with Crippen molar-refractivity contribution in [2.24, 2.45) is 0 Å². The normalized spacial score (nSPS) is 15.5. The number of nitrogens with one attached hydrogen (secondary N) is 1. The number of likely N-dealkylation sites (tertiary alicyclic amines) is 1. The first kappa shape index (κ1) is 19.7. The van der Waals surface area contributed by atoms with Crippen molar-refractivity contribution in [1.82, 2.24) is 10.2 Å². The third kappa shape index (κ3) is 4.69. The number of fused-ring (bicyclic) bond motifs is 1. The van der Waals surface area contributed by atoms with Crippen LogP contribution >= 0.6 is 11.6 Å². The molecule has 0 atom stereocenters. The molecule has 1 N–H and O–H groups in total. The average Bonchev–Trinajstić information content (AvgIpc) is 2.71. The van der Waals surface area contributed by atoms with Gasteiger partial charge in [-0.15, -0.1) is 0 Å². The van der Waals surface area contributed by atoms with E-state index in [-0.39, 0.29) is 23.1 Å². The smallest absolute Gasteiger partial charge is 0.287 e. The molecule has 150 valence electrons. The summed E-state index contributed by atoms with van der Waals surface area (Å²) in [7, 11) is 0. The fourth-order valence-corrected chi connectivity index (χ4v) is 3.85. The summed E-state index contributed by atoms with van der Waals surface area (Å²) < 4.78 is 5.68. The number of rotatable bonds is 4. The topological polar surface area (TPSA) is 62.6 Å². The fraction of sp³-hybridized carbons (Fsp3) is 0.304. The summed E-state index contributed by atoms with van der Waals surface area (Å²) in [5.41, 5.74) is 2.45. The number of amides is 1. The van der Waals surface area contributed by atoms with Gasteiger partial charge in [0.05, 0.1) is 5.39 Å². The van der Waals surface area contributed by atoms with Crippen molar-refractivity contribution in [2.45, 2.75) is 32.4 Å². The van der Waals surface area contributed by atoms with Crippen LogP contribution in [0.3, 0.4) is 0 Å². The molecule has 2 aromatic carbocycles. The Bertz CT molecular complexity index is 1080. The second-order valence-electron chi connectivity index (χ2n) is 7.62. The van der Waals surface area contributed by atoms with E-state index >= 15 is 0 Å². The van der Waals surface area contributed by atoms with Gasteiger partial charge >= 0.3 is 0 Å². The maximum Gasteiger partial charge on any atom is 0.287 e. The molecule has 0 unspecified atom stereocenters. The van der Waals surface area contributed by atoms with Gasteiger partial charge in [0, 0.05) is 36.8 Å². The predicted molar refractivity (Wildman–Crippen MR) is 114 cm³/mol. The van der Waals surface area contributed by atoms with Gasteiger partial charge in [-0.3, -0.25) is 14.5 Å². The Morgan fingerprint density at radius 1 is 1.14 bits per heavy atom. The van der Waals surface area contributed by atoms with Crippen LogP contribution in [-0.4, -0.2) is 29.9 Å². The molecule has 1 saturated heterocycles. The molecule has 29 heavy (non-hydrogen) atoms. The van der Waals surface area contributed by atoms with E-state index in [9.17, 15) is 9.59 Å². The molecule has 0 aliphatic carbocycles. The predicted octanol–water partition coefficient (Wildman–Crippen LogP) is 4.15. The molecule has 0 radical (unpaired) electrons. The minimum absolute atomic E-state index is 0.0648. The molecule has 2 heterocycles. The van der Waals surface area contributed by atoms with Gasteiger partial charge in [0.1, 0.15) is 5.58 Å². The average molecular weight is 411 g/mol. The molecule has 0 bridgehead atoms. The zero-order valence-electron chi connectivity index (χ0n) is 16.3. The van der Waals surface area contributed by atoms with Crippen LogP contribution in [-0.2, 0) is 6.54 Å². The Morgan fingerprint density at radius 2 is 1.86 bits per heavy atom. The highest BCUT2D eigenvalue weighted by Gasteiger charge is 2.22. The van der Waals surface area contributed by atoms with E-state index in [0.29, 0.717) is 11.0 Å². The molecule has 1 aliphatic heterocycles. The Labute approximate surface area is 174 Å². The van der Waals surface area contributed by atoms with Crippen molar-refractivity contribution in [1.29, 1.82) is 0 Å². The van der Waals surface area contributed by atoms with Crippen LogP contribution in [0.1, 0.15) is 34.5 Å². The third-order valence-electron chi connectivity index (χ3n) is 5.35. The van der Waals surface area contributed by atoms with Gasteiger partial charge in [-0.25, -0.2) is 0 Å². The van der Waals surface area contributed by atoms with Gasteiger partial charge in [0.2, 0.25) is 0 Å². The number of halogens is 1. The maximum atomic E-state index is 12.6. The first-order valence-corrected chi connectivity index (χ1v) is 10.2. The summed E-state index contributed by atoms with van der Waals surface area (Å²) in [4.78, 5) is 27.3. The van der Waals surface area contributed by atoms with Gasteiger partial charge in [-0.1, -0.05) is 35.4 Å². The van der Waals surface area contributed by atoms with Gasteiger partial charge in [0.25, 0.3) is 5.91 Å². The van der Waals surface area contributed by atoms with Crippen LogP contribution in [0.4, 0.5) is 0 Å². The highest BCUT2D eigenvalue weighted by molar-refractivity contribution is 6.30. The lowest BCUT2D eigenvalue weighted by Crippen LogP contribution is -2.44. The fourth-order valence-electron chi connectivity index (χ4n) is 3.72. The summed E-state index contributed by atoms with van der Waals surface area (Å²) in [5.74, 6) is -0.268. The Balaban J connectivity index is 1.36. The first-order valence-electron chi connectivity index (χ1n) is 9.80. The lowest BCUT2D eigenvalue weighted by atomic mass is 10.0. The van der Waals surface area contributed by atoms with Gasteiger partial charge in [0.15, 0.2) is 11.2 Å². The van der Waals surface area contributed by atoms with E-state index in [2.05, 4.69) is 10.2 Å². The molecular weight excluding hydrogens is 388 g/mol. The van der Waals surface area contributed by atoms with Crippen LogP contribution in [0.15, 0.2) is 57.7 Å². The Morgan fingerprint density at radius 3 is 2.59 bits per heavy atom. The van der Waals surface area contributed by atoms with Crippen molar-refractivity contribution in [3.63, 3.8) is 0 Å². The van der Waals surface area contributed by atoms with E-state index in [1.165, 1.54) is 11.6 Å². The van der Waals surface area contributed by atoms with E-state index in [1.807, 2.05) is 37.3 Å². The molecular formula is C23H23ClN2O3.